The van der Waals surface area contributed by atoms with Gasteiger partial charge in [0.05, 0.1) is 38.8 Å². The molecule has 0 saturated carbocycles. The van der Waals surface area contributed by atoms with Gasteiger partial charge in [-0.05, 0) is 57.3 Å². The number of nitrogens with zero attached hydrogens (tertiary/aromatic N) is 5. The lowest BCUT2D eigenvalue weighted by Gasteiger charge is -2.33. The Kier molecular flexibility index (Phi) is 10.2. The second-order valence-electron chi connectivity index (χ2n) is 10.9. The molecule has 4 heterocycles. The van der Waals surface area contributed by atoms with Crippen molar-refractivity contribution in [1.29, 1.82) is 0 Å². The number of para-hydroxylation sites is 1. The van der Waals surface area contributed by atoms with Crippen molar-refractivity contribution < 1.29 is 9.59 Å². The number of pyridine rings is 1. The Balaban J connectivity index is 0.000000192. The summed E-state index contributed by atoms with van der Waals surface area (Å²) in [6, 6.07) is 8.47. The number of aromatic nitrogens is 4. The minimum Gasteiger partial charge on any atom is -0.334 e. The number of likely N-dealkylation sites (N-methyl/N-ethyl adjacent to an activating group) is 1. The van der Waals surface area contributed by atoms with Gasteiger partial charge in [0.25, 0.3) is 0 Å². The molecule has 2 amide bonds. The van der Waals surface area contributed by atoms with Gasteiger partial charge in [-0.15, -0.1) is 11.3 Å². The monoisotopic (exact) mass is 563 g/mol. The van der Waals surface area contributed by atoms with Gasteiger partial charge in [-0.1, -0.05) is 39.3 Å². The molecule has 1 fully saturated rings. The van der Waals surface area contributed by atoms with Gasteiger partial charge in [0.15, 0.2) is 0 Å². The predicted octanol–water partition coefficient (Wildman–Crippen LogP) is 5.53. The van der Waals surface area contributed by atoms with Crippen molar-refractivity contribution in [2.75, 3.05) is 38.5 Å². The summed E-state index contributed by atoms with van der Waals surface area (Å²) in [5, 5.41) is 11.5. The molecule has 2 N–H and O–H groups in total. The molecule has 0 aliphatic carbocycles. The number of aromatic amines is 1. The molecule has 1 saturated heterocycles. The van der Waals surface area contributed by atoms with Crippen LogP contribution >= 0.6 is 11.3 Å². The molecule has 4 aromatic rings. The van der Waals surface area contributed by atoms with Crippen LogP contribution in [-0.2, 0) is 9.59 Å². The highest BCUT2D eigenvalue weighted by Gasteiger charge is 2.28. The number of nitrogens with one attached hydrogen (secondary N) is 2. The van der Waals surface area contributed by atoms with E-state index in [1.54, 1.807) is 17.3 Å². The fraction of sp³-hybridized carbons (Fsp3) is 0.500. The summed E-state index contributed by atoms with van der Waals surface area (Å²) in [4.78, 5) is 37.5. The Hall–Kier alpha value is -3.37. The molecule has 1 aromatic carbocycles. The largest absolute Gasteiger partial charge is 0.334 e. The van der Waals surface area contributed by atoms with Gasteiger partial charge in [-0.3, -0.25) is 19.7 Å². The van der Waals surface area contributed by atoms with Crippen LogP contribution in [0.4, 0.5) is 5.69 Å². The highest BCUT2D eigenvalue weighted by Crippen LogP contribution is 2.36. The first kappa shape index (κ1) is 29.6. The Morgan fingerprint density at radius 3 is 2.75 bits per heavy atom. The minimum atomic E-state index is -0.653. The van der Waals surface area contributed by atoms with Crippen LogP contribution in [0.15, 0.2) is 42.9 Å². The molecule has 0 radical (unpaired) electrons. The molecule has 9 nitrogen and oxygen atoms in total. The molecule has 40 heavy (non-hydrogen) atoms. The maximum absolute atomic E-state index is 12.4. The number of thiazole rings is 1. The second-order valence-corrected chi connectivity index (χ2v) is 11.9. The molecule has 5 rings (SSSR count). The van der Waals surface area contributed by atoms with E-state index in [-0.39, 0.29) is 0 Å². The molecular weight excluding hydrogens is 522 g/mol. The van der Waals surface area contributed by atoms with Crippen LogP contribution in [0.3, 0.4) is 0 Å². The number of carbonyl (C=O) groups excluding carboxylic acids is 2. The molecule has 1 aliphatic rings. The quantitative estimate of drug-likeness (QED) is 0.286. The lowest BCUT2D eigenvalue weighted by Crippen LogP contribution is -2.41. The van der Waals surface area contributed by atoms with Crippen LogP contribution in [0.5, 0.6) is 0 Å². The number of benzene rings is 1. The molecule has 0 bridgehead atoms. The van der Waals surface area contributed by atoms with E-state index < -0.39 is 11.8 Å². The molecule has 3 aromatic heterocycles. The first-order valence-electron chi connectivity index (χ1n) is 14.2. The molecule has 2 unspecified atom stereocenters. The number of anilines is 1. The number of H-pyrrole nitrogens is 1. The van der Waals surface area contributed by atoms with Crippen molar-refractivity contribution in [3.63, 3.8) is 0 Å². The summed E-state index contributed by atoms with van der Waals surface area (Å²) in [6.45, 7) is 11.9. The predicted molar refractivity (Wildman–Crippen MR) is 162 cm³/mol. The van der Waals surface area contributed by atoms with Gasteiger partial charge < -0.3 is 15.1 Å². The minimum absolute atomic E-state index is 0.370. The lowest BCUT2D eigenvalue weighted by atomic mass is 9.88. The highest BCUT2D eigenvalue weighted by molar-refractivity contribution is 7.18. The van der Waals surface area contributed by atoms with Gasteiger partial charge in [0.1, 0.15) is 0 Å². The zero-order valence-corrected chi connectivity index (χ0v) is 25.0. The van der Waals surface area contributed by atoms with Crippen LogP contribution in [0.1, 0.15) is 57.9 Å². The molecule has 0 spiro atoms. The van der Waals surface area contributed by atoms with E-state index >= 15 is 0 Å². The average Bonchev–Trinajstić information content (AvgIpc) is 3.59. The van der Waals surface area contributed by atoms with Gasteiger partial charge in [0, 0.05) is 37.1 Å². The first-order chi connectivity index (χ1) is 19.3. The third kappa shape index (κ3) is 7.22. The normalized spacial score (nSPS) is 18.2. The third-order valence-electron chi connectivity index (χ3n) is 7.52. The van der Waals surface area contributed by atoms with Crippen LogP contribution in [0, 0.1) is 11.8 Å². The Morgan fingerprint density at radius 1 is 1.23 bits per heavy atom. The number of piperidine rings is 1. The summed E-state index contributed by atoms with van der Waals surface area (Å²) in [5.74, 6) is 0.568. The van der Waals surface area contributed by atoms with Crippen molar-refractivity contribution in [2.24, 2.45) is 11.8 Å². The summed E-state index contributed by atoms with van der Waals surface area (Å²) < 4.78 is 1.33. The topological polar surface area (TPSA) is 107 Å². The standard InChI is InChI=1S/C16H23N5O2.C14H18N2S/c1-4-6-11(3)10-21(5-2)16(23)15(22)19-13-9-17-7-12-8-18-20-14(12)13;1-10-9-16(2)8-7-11(10)14-15-12-5-3-4-6-13(12)17-14/h7-9,11H,4-6,10H2,1-3H3,(H,18,20)(H,19,22);3-6,10-11H,7-9H2,1-2H3/t;10?,11-/m.0/s1. The highest BCUT2D eigenvalue weighted by atomic mass is 32.1. The smallest absolute Gasteiger partial charge is 0.314 e. The summed E-state index contributed by atoms with van der Waals surface area (Å²) in [5.41, 5.74) is 2.28. The number of rotatable bonds is 7. The Labute approximate surface area is 240 Å². The van der Waals surface area contributed by atoms with Crippen LogP contribution in [0.25, 0.3) is 21.1 Å². The maximum Gasteiger partial charge on any atom is 0.314 e. The van der Waals surface area contributed by atoms with Crippen molar-refractivity contribution in [3.8, 4) is 0 Å². The van der Waals surface area contributed by atoms with Crippen LogP contribution in [-0.4, -0.2) is 75.0 Å². The van der Waals surface area contributed by atoms with Gasteiger partial charge in [0.2, 0.25) is 0 Å². The third-order valence-corrected chi connectivity index (χ3v) is 8.68. The summed E-state index contributed by atoms with van der Waals surface area (Å²) >= 11 is 1.88. The van der Waals surface area contributed by atoms with Gasteiger partial charge in [-0.25, -0.2) is 4.98 Å². The van der Waals surface area contributed by atoms with Crippen molar-refractivity contribution in [3.05, 3.63) is 47.9 Å². The van der Waals surface area contributed by atoms with Crippen molar-refractivity contribution in [2.45, 2.75) is 52.9 Å². The number of hydrogen-bond acceptors (Lipinski definition) is 7. The molecule has 3 atom stereocenters. The fourth-order valence-electron chi connectivity index (χ4n) is 5.37. The first-order valence-corrected chi connectivity index (χ1v) is 15.0. The zero-order chi connectivity index (χ0) is 28.6. The van der Waals surface area contributed by atoms with E-state index in [2.05, 4.69) is 77.5 Å². The molecule has 10 heteroatoms. The summed E-state index contributed by atoms with van der Waals surface area (Å²) in [7, 11) is 2.21. The number of fused-ring (bicyclic) bond motifs is 2. The average molecular weight is 564 g/mol. The number of hydrogen-bond donors (Lipinski definition) is 2. The maximum atomic E-state index is 12.4. The fourth-order valence-corrected chi connectivity index (χ4v) is 6.60. The Bertz CT molecular complexity index is 1380. The van der Waals surface area contributed by atoms with E-state index in [9.17, 15) is 9.59 Å². The number of carbonyl (C=O) groups is 2. The molecule has 1 aliphatic heterocycles. The number of amides is 2. The molecule has 214 valence electrons. The molecular formula is C30H41N7O2S. The van der Waals surface area contributed by atoms with E-state index in [1.807, 2.05) is 18.3 Å². The second kappa shape index (κ2) is 13.8. The van der Waals surface area contributed by atoms with Crippen LogP contribution < -0.4 is 5.32 Å². The van der Waals surface area contributed by atoms with Crippen LogP contribution in [0.2, 0.25) is 0 Å². The van der Waals surface area contributed by atoms with E-state index in [4.69, 9.17) is 4.98 Å². The number of likely N-dealkylation sites (tertiary alicyclic amines) is 1. The van der Waals surface area contributed by atoms with E-state index in [0.717, 1.165) is 18.2 Å². The zero-order valence-electron chi connectivity index (χ0n) is 24.2. The van der Waals surface area contributed by atoms with Gasteiger partial charge in [-0.2, -0.15) is 5.10 Å². The summed E-state index contributed by atoms with van der Waals surface area (Å²) in [6.07, 6.45) is 8.10. The van der Waals surface area contributed by atoms with E-state index in [0.29, 0.717) is 42.0 Å². The Morgan fingerprint density at radius 2 is 2.02 bits per heavy atom. The lowest BCUT2D eigenvalue weighted by molar-refractivity contribution is -0.143. The van der Waals surface area contributed by atoms with Crippen molar-refractivity contribution in [1.82, 2.24) is 30.0 Å². The van der Waals surface area contributed by atoms with Gasteiger partial charge >= 0.3 is 11.8 Å². The van der Waals surface area contributed by atoms with E-state index in [1.165, 1.54) is 40.9 Å². The SMILES string of the molecule is CC1CN(C)CC[C@@H]1c1nc2ccccc2s1.CCCC(C)CN(CC)C(=O)C(=O)Nc1cncc2cn[nH]c12. The van der Waals surface area contributed by atoms with Crippen molar-refractivity contribution >= 4 is 50.0 Å².